The molecule has 0 aliphatic carbocycles. The van der Waals surface area contributed by atoms with E-state index >= 15 is 0 Å². The minimum Gasteiger partial charge on any atom is -0.299 e. The number of carbonyl (C=O) groups is 1. The first kappa shape index (κ1) is 25.2. The molecule has 11 heteroatoms. The number of benzene rings is 1. The third kappa shape index (κ3) is 4.90. The summed E-state index contributed by atoms with van der Waals surface area (Å²) in [5.74, 6) is -1.24. The van der Waals surface area contributed by atoms with Crippen LogP contribution in [-0.4, -0.2) is 20.2 Å². The van der Waals surface area contributed by atoms with Crippen LogP contribution < -0.4 is 11.2 Å². The van der Waals surface area contributed by atoms with Crippen molar-refractivity contribution in [2.24, 2.45) is 13.0 Å². The molecule has 2 aromatic rings. The molecule has 0 N–H and O–H groups in total. The quantitative estimate of drug-likeness (QED) is 0.442. The molecule has 170 valence electrons. The fraction of sp³-hybridized carbons (Fsp3) is 0.450. The fourth-order valence-corrected chi connectivity index (χ4v) is 4.70. The van der Waals surface area contributed by atoms with Crippen LogP contribution >= 0.6 is 23.4 Å². The Hall–Kier alpha value is -2.07. The van der Waals surface area contributed by atoms with E-state index in [2.05, 4.69) is 0 Å². The van der Waals surface area contributed by atoms with Gasteiger partial charge in [-0.2, -0.15) is 13.2 Å². The predicted molar refractivity (Wildman–Crippen MR) is 112 cm³/mol. The van der Waals surface area contributed by atoms with Crippen molar-refractivity contribution in [1.29, 1.82) is 0 Å². The van der Waals surface area contributed by atoms with Gasteiger partial charge in [0.15, 0.2) is 0 Å². The molecule has 0 spiro atoms. The molecule has 2 rings (SSSR count). The van der Waals surface area contributed by atoms with Gasteiger partial charge in [0.05, 0.1) is 16.0 Å². The Kier molecular flexibility index (Phi) is 7.47. The Balaban J connectivity index is 2.77. The number of carbonyl (C=O) groups excluding carboxylic acids is 1. The number of ketones is 1. The second kappa shape index (κ2) is 9.20. The van der Waals surface area contributed by atoms with Gasteiger partial charge in [-0.05, 0) is 31.9 Å². The fourth-order valence-electron chi connectivity index (χ4n) is 3.20. The molecule has 0 aliphatic rings. The van der Waals surface area contributed by atoms with Gasteiger partial charge in [0.25, 0.3) is 5.56 Å². The van der Waals surface area contributed by atoms with E-state index in [0.717, 1.165) is 37.9 Å². The number of thioether (sulfide) groups is 1. The van der Waals surface area contributed by atoms with E-state index in [1.165, 1.54) is 6.92 Å². The standard InChI is InChI=1S/C20H21ClF4N2O3S/c1-6-9(2)16(11(4)28)31-15-8-14(13(22)7-12(15)21)27-18(29)10(3)17(20(23,24)25)26(5)19(27)30/h7-9,16H,6H2,1-5H3. The van der Waals surface area contributed by atoms with Gasteiger partial charge in [-0.1, -0.05) is 31.9 Å². The Morgan fingerprint density at radius 3 is 2.32 bits per heavy atom. The van der Waals surface area contributed by atoms with Gasteiger partial charge < -0.3 is 0 Å². The van der Waals surface area contributed by atoms with Crippen LogP contribution in [0.1, 0.15) is 38.4 Å². The van der Waals surface area contributed by atoms with Crippen LogP contribution in [0.2, 0.25) is 5.02 Å². The monoisotopic (exact) mass is 480 g/mol. The summed E-state index contributed by atoms with van der Waals surface area (Å²) < 4.78 is 55.2. The highest BCUT2D eigenvalue weighted by molar-refractivity contribution is 8.00. The number of hydrogen-bond donors (Lipinski definition) is 0. The number of rotatable bonds is 6. The first-order chi connectivity index (χ1) is 14.2. The van der Waals surface area contributed by atoms with Crippen molar-refractivity contribution in [3.8, 4) is 5.69 Å². The minimum absolute atomic E-state index is 0.0454. The average Bonchev–Trinajstić information content (AvgIpc) is 2.65. The average molecular weight is 481 g/mol. The molecule has 0 bridgehead atoms. The zero-order chi connectivity index (χ0) is 23.8. The molecule has 31 heavy (non-hydrogen) atoms. The lowest BCUT2D eigenvalue weighted by Gasteiger charge is -2.21. The topological polar surface area (TPSA) is 61.1 Å². The van der Waals surface area contributed by atoms with Crippen molar-refractivity contribution >= 4 is 29.1 Å². The van der Waals surface area contributed by atoms with Gasteiger partial charge in [0.2, 0.25) is 0 Å². The van der Waals surface area contributed by atoms with Crippen molar-refractivity contribution in [2.75, 3.05) is 0 Å². The molecular weight excluding hydrogens is 460 g/mol. The summed E-state index contributed by atoms with van der Waals surface area (Å²) in [6, 6.07) is 1.97. The Bertz CT molecular complexity index is 1100. The number of halogens is 5. The molecule has 0 aliphatic heterocycles. The predicted octanol–water partition coefficient (Wildman–Crippen LogP) is 4.75. The van der Waals surface area contributed by atoms with Crippen LogP contribution in [-0.2, 0) is 18.0 Å². The maximum absolute atomic E-state index is 14.7. The summed E-state index contributed by atoms with van der Waals surface area (Å²) in [5.41, 5.74) is -5.35. The van der Waals surface area contributed by atoms with E-state index in [9.17, 15) is 31.9 Å². The van der Waals surface area contributed by atoms with Crippen molar-refractivity contribution in [3.63, 3.8) is 0 Å². The summed E-state index contributed by atoms with van der Waals surface area (Å²) in [4.78, 5) is 37.5. The molecule has 0 saturated carbocycles. The Morgan fingerprint density at radius 1 is 1.26 bits per heavy atom. The van der Waals surface area contributed by atoms with Gasteiger partial charge in [0, 0.05) is 17.5 Å². The largest absolute Gasteiger partial charge is 0.432 e. The van der Waals surface area contributed by atoms with Gasteiger partial charge >= 0.3 is 11.9 Å². The number of aromatic nitrogens is 2. The number of hydrogen-bond acceptors (Lipinski definition) is 4. The second-order valence-corrected chi connectivity index (χ2v) is 8.81. The maximum atomic E-state index is 14.7. The summed E-state index contributed by atoms with van der Waals surface area (Å²) in [6.45, 7) is 6.07. The Morgan fingerprint density at radius 2 is 1.84 bits per heavy atom. The zero-order valence-electron chi connectivity index (χ0n) is 17.4. The summed E-state index contributed by atoms with van der Waals surface area (Å²) >= 11 is 7.17. The van der Waals surface area contributed by atoms with Crippen molar-refractivity contribution in [1.82, 2.24) is 9.13 Å². The van der Waals surface area contributed by atoms with E-state index in [4.69, 9.17) is 11.6 Å². The minimum atomic E-state index is -4.94. The first-order valence-corrected chi connectivity index (χ1v) is 10.5. The molecule has 0 radical (unpaired) electrons. The molecule has 0 fully saturated rings. The first-order valence-electron chi connectivity index (χ1n) is 9.28. The van der Waals surface area contributed by atoms with E-state index in [1.807, 2.05) is 13.8 Å². The van der Waals surface area contributed by atoms with E-state index in [1.54, 1.807) is 0 Å². The normalized spacial score (nSPS) is 13.9. The zero-order valence-corrected chi connectivity index (χ0v) is 19.0. The van der Waals surface area contributed by atoms with Gasteiger partial charge in [-0.25, -0.2) is 13.8 Å². The van der Waals surface area contributed by atoms with Crippen LogP contribution in [0.25, 0.3) is 5.69 Å². The van der Waals surface area contributed by atoms with Crippen LogP contribution in [0, 0.1) is 18.7 Å². The third-order valence-electron chi connectivity index (χ3n) is 5.02. The highest BCUT2D eigenvalue weighted by Gasteiger charge is 2.38. The van der Waals surface area contributed by atoms with E-state index in [-0.39, 0.29) is 26.2 Å². The molecule has 0 saturated heterocycles. The van der Waals surface area contributed by atoms with E-state index in [0.29, 0.717) is 11.0 Å². The lowest BCUT2D eigenvalue weighted by atomic mass is 10.0. The maximum Gasteiger partial charge on any atom is 0.432 e. The second-order valence-electron chi connectivity index (χ2n) is 7.22. The smallest absolute Gasteiger partial charge is 0.299 e. The van der Waals surface area contributed by atoms with E-state index < -0.39 is 45.4 Å². The Labute approximate surface area is 185 Å². The number of Topliss-reactive ketones (excluding diaryl/α,β-unsaturated/α-hetero) is 1. The lowest BCUT2D eigenvalue weighted by Crippen LogP contribution is -2.43. The highest BCUT2D eigenvalue weighted by Crippen LogP contribution is 2.37. The molecule has 0 amide bonds. The molecular formula is C20H21ClF4N2O3S. The van der Waals surface area contributed by atoms with Gasteiger partial charge in [-0.15, -0.1) is 11.8 Å². The molecule has 1 aromatic carbocycles. The third-order valence-corrected chi connectivity index (χ3v) is 7.09. The van der Waals surface area contributed by atoms with Crippen LogP contribution in [0.5, 0.6) is 0 Å². The number of alkyl halides is 3. The summed E-state index contributed by atoms with van der Waals surface area (Å²) in [6.07, 6.45) is -4.26. The van der Waals surface area contributed by atoms with Crippen LogP contribution in [0.4, 0.5) is 17.6 Å². The van der Waals surface area contributed by atoms with Crippen molar-refractivity contribution in [2.45, 2.75) is 50.4 Å². The van der Waals surface area contributed by atoms with Crippen LogP contribution in [0.3, 0.4) is 0 Å². The summed E-state index contributed by atoms with van der Waals surface area (Å²) in [5, 5.41) is -0.566. The van der Waals surface area contributed by atoms with Crippen molar-refractivity contribution < 1.29 is 22.4 Å². The number of nitrogens with zero attached hydrogens (tertiary/aromatic N) is 2. The van der Waals surface area contributed by atoms with Gasteiger partial charge in [0.1, 0.15) is 17.3 Å². The molecule has 1 heterocycles. The lowest BCUT2D eigenvalue weighted by molar-refractivity contribution is -0.144. The van der Waals surface area contributed by atoms with Crippen LogP contribution in [0.15, 0.2) is 26.6 Å². The molecule has 2 atom stereocenters. The molecule has 1 aromatic heterocycles. The SMILES string of the molecule is CCC(C)C(Sc1cc(-n2c(=O)c(C)c(C(F)(F)F)n(C)c2=O)c(F)cc1Cl)C(C)=O. The molecule has 2 unspecified atom stereocenters. The van der Waals surface area contributed by atoms with Crippen molar-refractivity contribution in [3.05, 3.63) is 55.1 Å². The van der Waals surface area contributed by atoms with Gasteiger partial charge in [-0.3, -0.25) is 14.2 Å². The highest BCUT2D eigenvalue weighted by atomic mass is 35.5. The molecule has 5 nitrogen and oxygen atoms in total. The summed E-state index contributed by atoms with van der Waals surface area (Å²) in [7, 11) is 0.853.